The van der Waals surface area contributed by atoms with E-state index in [1.54, 1.807) is 29.5 Å². The molecular weight excluding hydrogens is 374 g/mol. The Labute approximate surface area is 158 Å². The van der Waals surface area contributed by atoms with Crippen LogP contribution in [0.5, 0.6) is 5.75 Å². The average Bonchev–Trinajstić information content (AvgIpc) is 3.18. The molecule has 2 heterocycles. The molecule has 26 heavy (non-hydrogen) atoms. The highest BCUT2D eigenvalue weighted by molar-refractivity contribution is 7.18. The summed E-state index contributed by atoms with van der Waals surface area (Å²) in [5.74, 6) is 0.153. The second-order valence-electron chi connectivity index (χ2n) is 6.11. The number of nitrogens with one attached hydrogen (secondary N) is 1. The minimum absolute atomic E-state index is 0.123. The fraction of sp³-hybridized carbons (Fsp3) is 0.278. The van der Waals surface area contributed by atoms with Crippen LogP contribution >= 0.6 is 22.9 Å². The molecule has 0 radical (unpaired) electrons. The van der Waals surface area contributed by atoms with Crippen molar-refractivity contribution < 1.29 is 9.53 Å². The van der Waals surface area contributed by atoms with E-state index in [0.29, 0.717) is 21.8 Å². The van der Waals surface area contributed by atoms with Crippen molar-refractivity contribution in [3.8, 4) is 5.75 Å². The summed E-state index contributed by atoms with van der Waals surface area (Å²) in [4.78, 5) is 31.6. The van der Waals surface area contributed by atoms with Crippen molar-refractivity contribution >= 4 is 44.7 Å². The summed E-state index contributed by atoms with van der Waals surface area (Å²) >= 11 is 7.56. The number of thiophene rings is 1. The molecule has 0 aliphatic heterocycles. The third-order valence-corrected chi connectivity index (χ3v) is 5.88. The molecule has 0 bridgehead atoms. The highest BCUT2D eigenvalue weighted by Gasteiger charge is 2.21. The summed E-state index contributed by atoms with van der Waals surface area (Å²) in [5.41, 5.74) is 1.40. The average molecular weight is 390 g/mol. The number of aryl methyl sites for hydroxylation is 2. The lowest BCUT2D eigenvalue weighted by molar-refractivity contribution is -0.116. The summed E-state index contributed by atoms with van der Waals surface area (Å²) in [6.45, 7) is -0.123. The van der Waals surface area contributed by atoms with Gasteiger partial charge < -0.3 is 10.1 Å². The molecule has 1 N–H and O–H groups in total. The number of hydrogen-bond acceptors (Lipinski definition) is 5. The van der Waals surface area contributed by atoms with E-state index in [1.165, 1.54) is 22.9 Å². The molecule has 0 saturated heterocycles. The Balaban J connectivity index is 1.61. The maximum absolute atomic E-state index is 12.8. The Morgan fingerprint density at radius 3 is 3.08 bits per heavy atom. The molecule has 8 heteroatoms. The number of carbonyl (C=O) groups excluding carboxylic acids is 1. The minimum Gasteiger partial charge on any atom is -0.495 e. The van der Waals surface area contributed by atoms with Crippen LogP contribution in [0.2, 0.25) is 5.02 Å². The van der Waals surface area contributed by atoms with Crippen LogP contribution in [0.1, 0.15) is 16.9 Å². The fourth-order valence-electron chi connectivity index (χ4n) is 3.25. The lowest BCUT2D eigenvalue weighted by atomic mass is 10.2. The number of nitrogens with zero attached hydrogens (tertiary/aromatic N) is 2. The summed E-state index contributed by atoms with van der Waals surface area (Å²) in [6.07, 6.45) is 4.42. The zero-order valence-electron chi connectivity index (χ0n) is 14.0. The number of amides is 1. The number of ether oxygens (including phenoxy) is 1. The number of halogens is 1. The number of benzene rings is 1. The first kappa shape index (κ1) is 17.1. The Hall–Kier alpha value is -2.38. The van der Waals surface area contributed by atoms with Gasteiger partial charge in [-0.3, -0.25) is 14.2 Å². The van der Waals surface area contributed by atoms with Crippen molar-refractivity contribution in [3.63, 3.8) is 0 Å². The van der Waals surface area contributed by atoms with Crippen LogP contribution in [0, 0.1) is 0 Å². The van der Waals surface area contributed by atoms with E-state index in [2.05, 4.69) is 10.3 Å². The van der Waals surface area contributed by atoms with Crippen molar-refractivity contribution in [2.75, 3.05) is 12.4 Å². The van der Waals surface area contributed by atoms with E-state index in [1.807, 2.05) is 0 Å². The number of carbonyl (C=O) groups is 1. The fourth-order valence-corrected chi connectivity index (χ4v) is 4.65. The van der Waals surface area contributed by atoms with Gasteiger partial charge in [0.15, 0.2) is 0 Å². The van der Waals surface area contributed by atoms with Gasteiger partial charge in [0.2, 0.25) is 5.91 Å². The highest BCUT2D eigenvalue weighted by Crippen LogP contribution is 2.34. The zero-order valence-corrected chi connectivity index (χ0v) is 15.6. The second-order valence-corrected chi connectivity index (χ2v) is 7.63. The Morgan fingerprint density at radius 2 is 2.27 bits per heavy atom. The quantitative estimate of drug-likeness (QED) is 0.743. The summed E-state index contributed by atoms with van der Waals surface area (Å²) in [6, 6.07) is 4.95. The van der Waals surface area contributed by atoms with Gasteiger partial charge in [0.05, 0.1) is 24.5 Å². The van der Waals surface area contributed by atoms with Gasteiger partial charge in [-0.25, -0.2) is 4.98 Å². The van der Waals surface area contributed by atoms with E-state index >= 15 is 0 Å². The number of hydrogen-bond donors (Lipinski definition) is 1. The van der Waals surface area contributed by atoms with Gasteiger partial charge in [-0.05, 0) is 43.0 Å². The Morgan fingerprint density at radius 1 is 1.42 bits per heavy atom. The van der Waals surface area contributed by atoms with E-state index in [4.69, 9.17) is 16.3 Å². The molecule has 0 unspecified atom stereocenters. The highest BCUT2D eigenvalue weighted by atomic mass is 35.5. The maximum atomic E-state index is 12.8. The van der Waals surface area contributed by atoms with Crippen molar-refractivity contribution in [2.45, 2.75) is 25.8 Å². The third kappa shape index (κ3) is 2.97. The smallest absolute Gasteiger partial charge is 0.262 e. The monoisotopic (exact) mass is 389 g/mol. The first-order chi connectivity index (χ1) is 12.6. The van der Waals surface area contributed by atoms with Crippen molar-refractivity contribution in [2.24, 2.45) is 0 Å². The number of rotatable bonds is 4. The topological polar surface area (TPSA) is 73.2 Å². The van der Waals surface area contributed by atoms with E-state index in [-0.39, 0.29) is 18.0 Å². The number of aromatic nitrogens is 2. The molecule has 0 saturated carbocycles. The lowest BCUT2D eigenvalue weighted by Crippen LogP contribution is -2.28. The summed E-state index contributed by atoms with van der Waals surface area (Å²) in [5, 5.41) is 3.89. The molecule has 3 aromatic rings. The lowest BCUT2D eigenvalue weighted by Gasteiger charge is -2.11. The van der Waals surface area contributed by atoms with Gasteiger partial charge in [0.1, 0.15) is 17.1 Å². The predicted molar refractivity (Wildman–Crippen MR) is 103 cm³/mol. The van der Waals surface area contributed by atoms with Crippen LogP contribution in [-0.2, 0) is 24.2 Å². The van der Waals surface area contributed by atoms with Crippen LogP contribution in [0.4, 0.5) is 5.69 Å². The van der Waals surface area contributed by atoms with Gasteiger partial charge in [-0.2, -0.15) is 0 Å². The zero-order chi connectivity index (χ0) is 18.3. The van der Waals surface area contributed by atoms with Crippen LogP contribution in [-0.4, -0.2) is 22.6 Å². The minimum atomic E-state index is -0.347. The molecule has 0 atom stereocenters. The first-order valence-corrected chi connectivity index (χ1v) is 9.39. The second kappa shape index (κ2) is 6.74. The summed E-state index contributed by atoms with van der Waals surface area (Å²) in [7, 11) is 1.51. The Kier molecular flexibility index (Phi) is 4.42. The number of methoxy groups -OCH3 is 1. The molecule has 6 nitrogen and oxygen atoms in total. The molecule has 1 aromatic carbocycles. The van der Waals surface area contributed by atoms with Crippen molar-refractivity contribution in [3.05, 3.63) is 50.3 Å². The van der Waals surface area contributed by atoms with Crippen LogP contribution in [0.25, 0.3) is 10.2 Å². The van der Waals surface area contributed by atoms with Crippen molar-refractivity contribution in [1.82, 2.24) is 9.55 Å². The van der Waals surface area contributed by atoms with E-state index in [0.717, 1.165) is 29.7 Å². The largest absolute Gasteiger partial charge is 0.495 e. The molecule has 1 aliphatic carbocycles. The predicted octanol–water partition coefficient (Wildman–Crippen LogP) is 3.25. The van der Waals surface area contributed by atoms with Gasteiger partial charge >= 0.3 is 0 Å². The third-order valence-electron chi connectivity index (χ3n) is 4.44. The number of anilines is 1. The van der Waals surface area contributed by atoms with Gasteiger partial charge in [0, 0.05) is 9.90 Å². The molecule has 134 valence electrons. The van der Waals surface area contributed by atoms with Crippen molar-refractivity contribution in [1.29, 1.82) is 0 Å². The number of fused-ring (bicyclic) bond motifs is 3. The van der Waals surface area contributed by atoms with Crippen LogP contribution in [0.15, 0.2) is 29.3 Å². The normalized spacial score (nSPS) is 13.0. The maximum Gasteiger partial charge on any atom is 0.262 e. The van der Waals surface area contributed by atoms with Gasteiger partial charge in [-0.1, -0.05) is 11.6 Å². The van der Waals surface area contributed by atoms with Crippen LogP contribution < -0.4 is 15.6 Å². The summed E-state index contributed by atoms with van der Waals surface area (Å²) < 4.78 is 6.57. The molecule has 4 rings (SSSR count). The standard InChI is InChI=1S/C18H16ClN3O3S/c1-25-13-6-5-10(19)7-12(13)21-15(23)8-22-9-20-17-16(18(22)24)11-3-2-4-14(11)26-17/h5-7,9H,2-4,8H2,1H3,(H,21,23). The molecule has 2 aromatic heterocycles. The van der Waals surface area contributed by atoms with Gasteiger partial charge in [-0.15, -0.1) is 11.3 Å². The molecular formula is C18H16ClN3O3S. The molecule has 1 aliphatic rings. The van der Waals surface area contributed by atoms with E-state index < -0.39 is 0 Å². The van der Waals surface area contributed by atoms with E-state index in [9.17, 15) is 9.59 Å². The first-order valence-electron chi connectivity index (χ1n) is 8.20. The Bertz CT molecular complexity index is 1070. The molecule has 1 amide bonds. The molecule has 0 spiro atoms. The SMILES string of the molecule is COc1ccc(Cl)cc1NC(=O)Cn1cnc2sc3c(c2c1=O)CCC3. The molecule has 0 fully saturated rings. The van der Waals surface area contributed by atoms with Crippen LogP contribution in [0.3, 0.4) is 0 Å². The van der Waals surface area contributed by atoms with Gasteiger partial charge in [0.25, 0.3) is 5.56 Å².